The molecule has 5 aromatic rings. The Morgan fingerprint density at radius 1 is 0.977 bits per heavy atom. The van der Waals surface area contributed by atoms with E-state index in [0.29, 0.717) is 33.9 Å². The van der Waals surface area contributed by atoms with E-state index in [-0.39, 0.29) is 34.6 Å². The molecule has 0 fully saturated rings. The monoisotopic (exact) mass is 613 g/mol. The van der Waals surface area contributed by atoms with E-state index in [0.717, 1.165) is 16.8 Å². The zero-order valence-corrected chi connectivity index (χ0v) is 23.7. The summed E-state index contributed by atoms with van der Waals surface area (Å²) in [6.45, 7) is 1.81. The summed E-state index contributed by atoms with van der Waals surface area (Å²) in [5.41, 5.74) is -0.956. The lowest BCUT2D eigenvalue weighted by molar-refractivity contribution is -0.137. The number of nitrogens with zero attached hydrogens (tertiary/aromatic N) is 4. The predicted octanol–water partition coefficient (Wildman–Crippen LogP) is 6.95. The molecule has 3 aromatic heterocycles. The van der Waals surface area contributed by atoms with Crippen LogP contribution in [0.25, 0.3) is 16.6 Å². The quantitative estimate of drug-likeness (QED) is 0.190. The second kappa shape index (κ2) is 12.1. The molecule has 0 saturated heterocycles. The minimum Gasteiger partial charge on any atom is -0.493 e. The maximum atomic E-state index is 13.7. The van der Waals surface area contributed by atoms with E-state index in [1.54, 1.807) is 37.4 Å². The zero-order chi connectivity index (χ0) is 30.7. The molecule has 0 saturated carbocycles. The molecule has 222 valence electrons. The highest BCUT2D eigenvalue weighted by atomic mass is 35.5. The molecule has 1 amide bonds. The van der Waals surface area contributed by atoms with E-state index < -0.39 is 17.6 Å². The molecule has 0 aliphatic carbocycles. The van der Waals surface area contributed by atoms with Gasteiger partial charge in [0.05, 0.1) is 50.0 Å². The Kier molecular flexibility index (Phi) is 8.26. The smallest absolute Gasteiger partial charge is 0.418 e. The normalized spacial score (nSPS) is 11.3. The van der Waals surface area contributed by atoms with Crippen LogP contribution in [-0.2, 0) is 6.18 Å². The SMILES string of the molecule is CCOc1cn(-c2ccc(Cl)cc2C(F)(F)F)nc1C(=O)Nc1ccc(Oc2ccnc3cc(OC)c(OC)cc23)cn1. The Labute approximate surface area is 247 Å². The van der Waals surface area contributed by atoms with Crippen LogP contribution in [0.1, 0.15) is 23.0 Å². The number of ether oxygens (including phenoxy) is 4. The van der Waals surface area contributed by atoms with Crippen molar-refractivity contribution in [2.45, 2.75) is 13.1 Å². The van der Waals surface area contributed by atoms with E-state index in [2.05, 4.69) is 20.4 Å². The summed E-state index contributed by atoms with van der Waals surface area (Å²) in [4.78, 5) is 21.7. The van der Waals surface area contributed by atoms with Crippen LogP contribution in [-0.4, -0.2) is 46.5 Å². The number of fused-ring (bicyclic) bond motifs is 1. The number of anilines is 1. The first-order chi connectivity index (χ1) is 20.6. The number of aromatic nitrogens is 4. The largest absolute Gasteiger partial charge is 0.493 e. The van der Waals surface area contributed by atoms with Crippen molar-refractivity contribution in [2.24, 2.45) is 0 Å². The molecule has 0 bridgehead atoms. The average molecular weight is 614 g/mol. The summed E-state index contributed by atoms with van der Waals surface area (Å²) in [6, 6.07) is 11.5. The molecular formula is C29H23ClF3N5O5. The molecule has 5 rings (SSSR count). The maximum absolute atomic E-state index is 13.7. The third-order valence-corrected chi connectivity index (χ3v) is 6.35. The number of carbonyl (C=O) groups is 1. The first kappa shape index (κ1) is 29.5. The third-order valence-electron chi connectivity index (χ3n) is 6.12. The van der Waals surface area contributed by atoms with Crippen molar-refractivity contribution < 1.29 is 36.9 Å². The molecule has 0 radical (unpaired) electrons. The fourth-order valence-electron chi connectivity index (χ4n) is 4.19. The highest BCUT2D eigenvalue weighted by Crippen LogP contribution is 2.38. The number of alkyl halides is 3. The van der Waals surface area contributed by atoms with Gasteiger partial charge in [-0.25, -0.2) is 9.67 Å². The van der Waals surface area contributed by atoms with Crippen molar-refractivity contribution in [3.05, 3.63) is 83.4 Å². The number of hydrogen-bond acceptors (Lipinski definition) is 8. The number of pyridine rings is 2. The van der Waals surface area contributed by atoms with Crippen molar-refractivity contribution >= 4 is 34.2 Å². The fraction of sp³-hybridized carbons (Fsp3) is 0.172. The molecular weight excluding hydrogens is 591 g/mol. The lowest BCUT2D eigenvalue weighted by Crippen LogP contribution is -2.16. The lowest BCUT2D eigenvalue weighted by atomic mass is 10.1. The van der Waals surface area contributed by atoms with E-state index >= 15 is 0 Å². The van der Waals surface area contributed by atoms with Gasteiger partial charge in [-0.2, -0.15) is 18.3 Å². The van der Waals surface area contributed by atoms with E-state index in [9.17, 15) is 18.0 Å². The van der Waals surface area contributed by atoms with Crippen molar-refractivity contribution in [3.63, 3.8) is 0 Å². The minimum atomic E-state index is -4.71. The van der Waals surface area contributed by atoms with Gasteiger partial charge < -0.3 is 24.3 Å². The van der Waals surface area contributed by atoms with E-state index in [1.165, 1.54) is 38.7 Å². The summed E-state index contributed by atoms with van der Waals surface area (Å²) in [6.07, 6.45) is -0.531. The van der Waals surface area contributed by atoms with Gasteiger partial charge in [-0.05, 0) is 49.4 Å². The Bertz CT molecular complexity index is 1790. The Morgan fingerprint density at radius 3 is 2.42 bits per heavy atom. The van der Waals surface area contributed by atoms with Gasteiger partial charge >= 0.3 is 6.18 Å². The summed E-state index contributed by atoms with van der Waals surface area (Å²) < 4.78 is 64.2. The van der Waals surface area contributed by atoms with E-state index in [1.807, 2.05) is 0 Å². The highest BCUT2D eigenvalue weighted by molar-refractivity contribution is 6.30. The number of amides is 1. The molecule has 2 aromatic carbocycles. The van der Waals surface area contributed by atoms with Crippen molar-refractivity contribution in [3.8, 4) is 34.4 Å². The zero-order valence-electron chi connectivity index (χ0n) is 22.9. The van der Waals surface area contributed by atoms with Gasteiger partial charge in [0.1, 0.15) is 17.3 Å². The van der Waals surface area contributed by atoms with Crippen molar-refractivity contribution in [1.82, 2.24) is 19.7 Å². The first-order valence-corrected chi connectivity index (χ1v) is 13.0. The van der Waals surface area contributed by atoms with Gasteiger partial charge in [0, 0.05) is 22.7 Å². The number of halogens is 4. The molecule has 10 nitrogen and oxygen atoms in total. The second-order valence-corrected chi connectivity index (χ2v) is 9.28. The van der Waals surface area contributed by atoms with Crippen LogP contribution in [0.5, 0.6) is 28.7 Å². The number of benzene rings is 2. The predicted molar refractivity (Wildman–Crippen MR) is 152 cm³/mol. The molecule has 0 aliphatic rings. The lowest BCUT2D eigenvalue weighted by Gasteiger charge is -2.13. The maximum Gasteiger partial charge on any atom is 0.418 e. The van der Waals surface area contributed by atoms with Gasteiger partial charge in [0.2, 0.25) is 0 Å². The van der Waals surface area contributed by atoms with Crippen LogP contribution in [0.4, 0.5) is 19.0 Å². The van der Waals surface area contributed by atoms with Crippen LogP contribution in [0.3, 0.4) is 0 Å². The summed E-state index contributed by atoms with van der Waals surface area (Å²) in [5, 5.41) is 7.24. The van der Waals surface area contributed by atoms with Gasteiger partial charge in [-0.3, -0.25) is 9.78 Å². The Morgan fingerprint density at radius 2 is 1.74 bits per heavy atom. The minimum absolute atomic E-state index is 0.0142. The van der Waals surface area contributed by atoms with Crippen LogP contribution in [0.15, 0.2) is 67.1 Å². The highest BCUT2D eigenvalue weighted by Gasteiger charge is 2.35. The summed E-state index contributed by atoms with van der Waals surface area (Å²) in [5.74, 6) is 1.25. The fourth-order valence-corrected chi connectivity index (χ4v) is 4.36. The Balaban J connectivity index is 1.37. The van der Waals surface area contributed by atoms with Gasteiger partial charge in [0.25, 0.3) is 5.91 Å². The molecule has 0 atom stereocenters. The van der Waals surface area contributed by atoms with Crippen LogP contribution in [0, 0.1) is 0 Å². The second-order valence-electron chi connectivity index (χ2n) is 8.85. The molecule has 14 heteroatoms. The molecule has 3 heterocycles. The van der Waals surface area contributed by atoms with Crippen LogP contribution in [0.2, 0.25) is 5.02 Å². The topological polar surface area (TPSA) is 110 Å². The summed E-state index contributed by atoms with van der Waals surface area (Å²) >= 11 is 5.80. The number of carbonyl (C=O) groups excluding carboxylic acids is 1. The van der Waals surface area contributed by atoms with Gasteiger partial charge in [-0.15, -0.1) is 0 Å². The number of nitrogens with one attached hydrogen (secondary N) is 1. The van der Waals surface area contributed by atoms with Gasteiger partial charge in [0.15, 0.2) is 22.9 Å². The number of hydrogen-bond donors (Lipinski definition) is 1. The molecule has 0 spiro atoms. The first-order valence-electron chi connectivity index (χ1n) is 12.7. The molecule has 1 N–H and O–H groups in total. The Hall–Kier alpha value is -5.04. The number of rotatable bonds is 9. The standard InChI is InChI=1S/C29H23ClF3N5O5/c1-4-42-25-15-38(21-7-5-16(30)11-19(21)29(31,32)33)37-27(25)28(39)36-26-8-6-17(14-35-26)43-22-9-10-34-20-13-24(41-3)23(40-2)12-18(20)22/h5-15H,4H2,1-3H3,(H,35,36,39). The molecule has 43 heavy (non-hydrogen) atoms. The molecule has 0 unspecified atom stereocenters. The van der Waals surface area contributed by atoms with Gasteiger partial charge in [-0.1, -0.05) is 11.6 Å². The summed E-state index contributed by atoms with van der Waals surface area (Å²) in [7, 11) is 3.05. The van der Waals surface area contributed by atoms with Crippen molar-refractivity contribution in [2.75, 3.05) is 26.1 Å². The van der Waals surface area contributed by atoms with Crippen molar-refractivity contribution in [1.29, 1.82) is 0 Å². The third kappa shape index (κ3) is 6.26. The average Bonchev–Trinajstić information content (AvgIpc) is 3.41. The number of methoxy groups -OCH3 is 2. The van der Waals surface area contributed by atoms with E-state index in [4.69, 9.17) is 30.5 Å². The van der Waals surface area contributed by atoms with Crippen LogP contribution >= 0.6 is 11.6 Å². The molecule has 0 aliphatic heterocycles. The van der Waals surface area contributed by atoms with Crippen LogP contribution < -0.4 is 24.3 Å².